The van der Waals surface area contributed by atoms with Gasteiger partial charge >= 0.3 is 0 Å². The SMILES string of the molecule is CC1C=CC(n2c3ccccc3c3cc(-c4cccc5c4c4ccccc4n5-c4cccc5c4oc4ccccc45)ccc32)=CC1. The Morgan fingerprint density at radius 1 is 0.587 bits per heavy atom. The number of nitrogens with zero attached hydrogens (tertiary/aromatic N) is 2. The Labute approximate surface area is 265 Å². The highest BCUT2D eigenvalue weighted by molar-refractivity contribution is 6.18. The molecule has 3 nitrogen and oxygen atoms in total. The molecule has 0 saturated heterocycles. The number of allylic oxidation sites excluding steroid dienone is 4. The monoisotopic (exact) mass is 590 g/mol. The number of benzene rings is 6. The van der Waals surface area contributed by atoms with Crippen LogP contribution in [-0.2, 0) is 0 Å². The first-order chi connectivity index (χ1) is 22.7. The van der Waals surface area contributed by atoms with E-state index in [1.807, 2.05) is 6.07 Å². The summed E-state index contributed by atoms with van der Waals surface area (Å²) in [5, 5.41) is 7.31. The maximum absolute atomic E-state index is 6.53. The third kappa shape index (κ3) is 3.54. The second-order valence-corrected chi connectivity index (χ2v) is 12.6. The van der Waals surface area contributed by atoms with Gasteiger partial charge in [-0.05, 0) is 72.0 Å². The van der Waals surface area contributed by atoms with E-state index in [2.05, 4.69) is 156 Å². The third-order valence-corrected chi connectivity index (χ3v) is 9.86. The number of hydrogen-bond acceptors (Lipinski definition) is 1. The molecule has 3 aromatic heterocycles. The summed E-state index contributed by atoms with van der Waals surface area (Å²) in [5.74, 6) is 0.574. The van der Waals surface area contributed by atoms with Crippen molar-refractivity contribution >= 4 is 71.2 Å². The molecule has 0 fully saturated rings. The Hall–Kier alpha value is -5.80. The van der Waals surface area contributed by atoms with Crippen LogP contribution in [0.5, 0.6) is 0 Å². The van der Waals surface area contributed by atoms with Gasteiger partial charge in [-0.3, -0.25) is 0 Å². The molecule has 1 aliphatic rings. The molecule has 1 atom stereocenters. The average Bonchev–Trinajstić information content (AvgIpc) is 3.76. The van der Waals surface area contributed by atoms with Crippen LogP contribution in [0.1, 0.15) is 13.3 Å². The molecule has 1 unspecified atom stereocenters. The van der Waals surface area contributed by atoms with Gasteiger partial charge in [-0.2, -0.15) is 0 Å². The van der Waals surface area contributed by atoms with Crippen molar-refractivity contribution in [1.29, 1.82) is 0 Å². The van der Waals surface area contributed by atoms with E-state index in [4.69, 9.17) is 4.42 Å². The quantitative estimate of drug-likeness (QED) is 0.201. The predicted octanol–water partition coefficient (Wildman–Crippen LogP) is 11.9. The van der Waals surface area contributed by atoms with Crippen LogP contribution in [0.3, 0.4) is 0 Å². The summed E-state index contributed by atoms with van der Waals surface area (Å²) in [7, 11) is 0. The Kier molecular flexibility index (Phi) is 5.32. The Morgan fingerprint density at radius 2 is 1.28 bits per heavy atom. The van der Waals surface area contributed by atoms with Crippen molar-refractivity contribution in [2.75, 3.05) is 0 Å². The van der Waals surface area contributed by atoms with Gasteiger partial charge in [0.05, 0.1) is 27.8 Å². The molecule has 46 heavy (non-hydrogen) atoms. The molecule has 6 aromatic carbocycles. The predicted molar refractivity (Wildman–Crippen MR) is 194 cm³/mol. The lowest BCUT2D eigenvalue weighted by atomic mass is 9.98. The highest BCUT2D eigenvalue weighted by Gasteiger charge is 2.21. The fourth-order valence-corrected chi connectivity index (χ4v) is 7.73. The lowest BCUT2D eigenvalue weighted by molar-refractivity contribution is 0.666. The summed E-state index contributed by atoms with van der Waals surface area (Å²) in [6.45, 7) is 2.27. The van der Waals surface area contributed by atoms with E-state index in [9.17, 15) is 0 Å². The second-order valence-electron chi connectivity index (χ2n) is 12.6. The minimum atomic E-state index is 0.574. The number of furan rings is 1. The molecule has 0 aliphatic heterocycles. The smallest absolute Gasteiger partial charge is 0.159 e. The van der Waals surface area contributed by atoms with Gasteiger partial charge in [0, 0.05) is 38.0 Å². The number of aromatic nitrogens is 2. The van der Waals surface area contributed by atoms with E-state index in [-0.39, 0.29) is 0 Å². The number of rotatable bonds is 3. The van der Waals surface area contributed by atoms with Crippen LogP contribution in [0, 0.1) is 5.92 Å². The molecule has 218 valence electrons. The molecule has 1 aliphatic carbocycles. The van der Waals surface area contributed by atoms with Crippen LogP contribution >= 0.6 is 0 Å². The summed E-state index contributed by atoms with van der Waals surface area (Å²) in [5.41, 5.74) is 11.4. The van der Waals surface area contributed by atoms with Crippen LogP contribution in [0.4, 0.5) is 0 Å². The minimum Gasteiger partial charge on any atom is -0.454 e. The topological polar surface area (TPSA) is 23.0 Å². The van der Waals surface area contributed by atoms with E-state index in [0.717, 1.165) is 34.0 Å². The number of para-hydroxylation sites is 4. The summed E-state index contributed by atoms with van der Waals surface area (Å²) in [6, 6.07) is 46.1. The van der Waals surface area contributed by atoms with Crippen LogP contribution in [0.25, 0.3) is 88.1 Å². The van der Waals surface area contributed by atoms with Gasteiger partial charge in [0.25, 0.3) is 0 Å². The maximum atomic E-state index is 6.53. The van der Waals surface area contributed by atoms with Gasteiger partial charge in [-0.25, -0.2) is 0 Å². The second kappa shape index (κ2) is 9.60. The molecule has 3 heteroatoms. The molecule has 0 amide bonds. The van der Waals surface area contributed by atoms with Crippen LogP contribution in [0.2, 0.25) is 0 Å². The zero-order valence-electron chi connectivity index (χ0n) is 25.4. The maximum Gasteiger partial charge on any atom is 0.159 e. The first-order valence-corrected chi connectivity index (χ1v) is 16.1. The fraction of sp³-hybridized carbons (Fsp3) is 0.0698. The molecule has 0 spiro atoms. The van der Waals surface area contributed by atoms with Crippen molar-refractivity contribution in [3.05, 3.63) is 146 Å². The first kappa shape index (κ1) is 25.5. The van der Waals surface area contributed by atoms with E-state index >= 15 is 0 Å². The summed E-state index contributed by atoms with van der Waals surface area (Å²) < 4.78 is 11.3. The van der Waals surface area contributed by atoms with E-state index < -0.39 is 0 Å². The fourth-order valence-electron chi connectivity index (χ4n) is 7.73. The van der Waals surface area contributed by atoms with Gasteiger partial charge in [0.15, 0.2) is 5.58 Å². The van der Waals surface area contributed by atoms with Crippen molar-refractivity contribution in [3.8, 4) is 16.8 Å². The van der Waals surface area contributed by atoms with Crippen molar-refractivity contribution < 1.29 is 4.42 Å². The molecule has 10 rings (SSSR count). The van der Waals surface area contributed by atoms with E-state index in [1.54, 1.807) is 0 Å². The van der Waals surface area contributed by atoms with Crippen LogP contribution in [0.15, 0.2) is 150 Å². The van der Waals surface area contributed by atoms with Gasteiger partial charge in [0.2, 0.25) is 0 Å². The van der Waals surface area contributed by atoms with Crippen molar-refractivity contribution in [1.82, 2.24) is 9.13 Å². The summed E-state index contributed by atoms with van der Waals surface area (Å²) >= 11 is 0. The lowest BCUT2D eigenvalue weighted by Gasteiger charge is -2.15. The highest BCUT2D eigenvalue weighted by atomic mass is 16.3. The molecular formula is C43H30N2O. The highest BCUT2D eigenvalue weighted by Crippen LogP contribution is 2.43. The average molecular weight is 591 g/mol. The number of fused-ring (bicyclic) bond motifs is 9. The zero-order chi connectivity index (χ0) is 30.4. The van der Waals surface area contributed by atoms with E-state index in [1.165, 1.54) is 60.4 Å². The Morgan fingerprint density at radius 3 is 2.13 bits per heavy atom. The van der Waals surface area contributed by atoms with Crippen molar-refractivity contribution in [2.24, 2.45) is 5.92 Å². The van der Waals surface area contributed by atoms with Crippen LogP contribution < -0.4 is 0 Å². The minimum absolute atomic E-state index is 0.574. The molecule has 9 aromatic rings. The zero-order valence-corrected chi connectivity index (χ0v) is 25.4. The van der Waals surface area contributed by atoms with Gasteiger partial charge in [0.1, 0.15) is 5.58 Å². The summed E-state index contributed by atoms with van der Waals surface area (Å²) in [6.07, 6.45) is 8.05. The van der Waals surface area contributed by atoms with E-state index in [0.29, 0.717) is 5.92 Å². The van der Waals surface area contributed by atoms with Crippen molar-refractivity contribution in [2.45, 2.75) is 13.3 Å². The van der Waals surface area contributed by atoms with Crippen LogP contribution in [-0.4, -0.2) is 9.13 Å². The van der Waals surface area contributed by atoms with Crippen molar-refractivity contribution in [3.63, 3.8) is 0 Å². The summed E-state index contributed by atoms with van der Waals surface area (Å²) in [4.78, 5) is 0. The van der Waals surface area contributed by atoms with Gasteiger partial charge < -0.3 is 13.6 Å². The van der Waals surface area contributed by atoms with Gasteiger partial charge in [-0.1, -0.05) is 104 Å². The lowest BCUT2D eigenvalue weighted by Crippen LogP contribution is -2.00. The molecule has 0 N–H and O–H groups in total. The molecule has 3 heterocycles. The third-order valence-electron chi connectivity index (χ3n) is 9.86. The van der Waals surface area contributed by atoms with Gasteiger partial charge in [-0.15, -0.1) is 0 Å². The molecular weight excluding hydrogens is 560 g/mol. The normalized spacial score (nSPS) is 15.2. The largest absolute Gasteiger partial charge is 0.454 e. The first-order valence-electron chi connectivity index (χ1n) is 16.1. The molecule has 0 bridgehead atoms. The molecule has 0 radical (unpaired) electrons. The number of hydrogen-bond donors (Lipinski definition) is 0. The standard InChI is InChI=1S/C43H30N2O/c1-27-20-23-29(24-21-27)44-36-15-5-2-10-31(36)35-26-28(22-25-38(35)44)30-13-8-17-39-42(30)34-12-3-6-16-37(34)45(39)40-18-9-14-33-32-11-4-7-19-41(32)46-43(33)40/h2-20,22-27H,21H2,1H3. The molecule has 0 saturated carbocycles. The Bertz CT molecular complexity index is 2750. The Balaban J connectivity index is 1.24.